The molecule has 0 spiro atoms. The van der Waals surface area contributed by atoms with Gasteiger partial charge < -0.3 is 4.74 Å². The molecule has 0 atom stereocenters. The number of carbonyl (C=O) groups is 1. The minimum Gasteiger partial charge on any atom is -0.448 e. The average molecular weight is 340 g/mol. The van der Waals surface area contributed by atoms with Crippen LogP contribution in [0.1, 0.15) is 39.2 Å². The average Bonchev–Trinajstić information content (AvgIpc) is 2.93. The van der Waals surface area contributed by atoms with Crippen molar-refractivity contribution in [1.82, 2.24) is 9.62 Å². The second kappa shape index (κ2) is 6.49. The van der Waals surface area contributed by atoms with E-state index < -0.39 is 21.7 Å². The van der Waals surface area contributed by atoms with Crippen molar-refractivity contribution in [3.63, 3.8) is 0 Å². The third-order valence-electron chi connectivity index (χ3n) is 4.04. The summed E-state index contributed by atoms with van der Waals surface area (Å²) in [7, 11) is -3.61. The molecule has 1 aliphatic heterocycles. The fraction of sp³-hybridized carbons (Fsp3) is 0.562. The maximum atomic E-state index is 12.4. The van der Waals surface area contributed by atoms with Crippen LogP contribution in [0.4, 0.5) is 4.79 Å². The van der Waals surface area contributed by atoms with Crippen LogP contribution in [0.15, 0.2) is 29.2 Å². The molecule has 1 amide bonds. The van der Waals surface area contributed by atoms with E-state index in [2.05, 4.69) is 18.6 Å². The molecule has 2 rings (SSSR count). The molecule has 0 aromatic heterocycles. The van der Waals surface area contributed by atoms with E-state index in [9.17, 15) is 13.2 Å². The van der Waals surface area contributed by atoms with Gasteiger partial charge in [0.05, 0.1) is 17.0 Å². The molecule has 0 unspecified atom stereocenters. The number of hydrogen-bond acceptors (Lipinski definition) is 4. The van der Waals surface area contributed by atoms with Crippen molar-refractivity contribution in [2.75, 3.05) is 19.7 Å². The molecule has 0 saturated carbocycles. The third kappa shape index (κ3) is 4.03. The van der Waals surface area contributed by atoms with Crippen molar-refractivity contribution in [2.24, 2.45) is 0 Å². The molecule has 23 heavy (non-hydrogen) atoms. The highest BCUT2D eigenvalue weighted by Gasteiger charge is 2.36. The number of nitrogens with zero attached hydrogens (tertiary/aromatic N) is 1. The van der Waals surface area contributed by atoms with Gasteiger partial charge in [-0.3, -0.25) is 4.90 Å². The third-order valence-corrected chi connectivity index (χ3v) is 5.46. The van der Waals surface area contributed by atoms with Gasteiger partial charge in [0, 0.05) is 6.54 Å². The molecular formula is C16H24N2O4S. The first kappa shape index (κ1) is 17.7. The van der Waals surface area contributed by atoms with E-state index in [1.165, 1.54) is 4.90 Å². The summed E-state index contributed by atoms with van der Waals surface area (Å²) in [5, 5.41) is 0. The minimum atomic E-state index is -3.61. The zero-order valence-corrected chi connectivity index (χ0v) is 14.8. The molecule has 1 fully saturated rings. The lowest BCUT2D eigenvalue weighted by molar-refractivity contribution is 0.127. The summed E-state index contributed by atoms with van der Waals surface area (Å²) in [6, 6.07) is 6.86. The largest absolute Gasteiger partial charge is 0.448 e. The van der Waals surface area contributed by atoms with Gasteiger partial charge >= 0.3 is 6.09 Å². The molecule has 1 saturated heterocycles. The number of benzene rings is 1. The predicted octanol–water partition coefficient (Wildman–Crippen LogP) is 2.32. The molecule has 1 aromatic carbocycles. The Labute approximate surface area is 137 Å². The van der Waals surface area contributed by atoms with Gasteiger partial charge in [0.25, 0.3) is 0 Å². The zero-order valence-electron chi connectivity index (χ0n) is 14.0. The van der Waals surface area contributed by atoms with Crippen LogP contribution in [-0.4, -0.2) is 44.6 Å². The van der Waals surface area contributed by atoms with E-state index in [1.54, 1.807) is 12.1 Å². The van der Waals surface area contributed by atoms with Gasteiger partial charge in [-0.25, -0.2) is 17.9 Å². The van der Waals surface area contributed by atoms with E-state index in [0.29, 0.717) is 19.1 Å². The monoisotopic (exact) mass is 340 g/mol. The lowest BCUT2D eigenvalue weighted by Gasteiger charge is -2.33. The number of amides is 1. The number of ether oxygens (including phenoxy) is 1. The quantitative estimate of drug-likeness (QED) is 0.862. The van der Waals surface area contributed by atoms with Crippen molar-refractivity contribution in [1.29, 1.82) is 0 Å². The second-order valence-electron chi connectivity index (χ2n) is 6.63. The number of sulfonamides is 1. The SMILES string of the molecule is CC(C)c1ccc(S(=O)(=O)NCC(C)(C)N2CCOC2=O)cc1. The van der Waals surface area contributed by atoms with Crippen LogP contribution >= 0.6 is 0 Å². The maximum Gasteiger partial charge on any atom is 0.410 e. The molecule has 0 bridgehead atoms. The normalized spacial score (nSPS) is 16.0. The van der Waals surface area contributed by atoms with Crippen LogP contribution in [-0.2, 0) is 14.8 Å². The summed E-state index contributed by atoms with van der Waals surface area (Å²) in [6.07, 6.45) is -0.407. The van der Waals surface area contributed by atoms with Crippen LogP contribution in [0.5, 0.6) is 0 Å². The molecular weight excluding hydrogens is 316 g/mol. The Balaban J connectivity index is 2.07. The molecule has 0 radical (unpaired) electrons. The number of hydrogen-bond donors (Lipinski definition) is 1. The topological polar surface area (TPSA) is 75.7 Å². The molecule has 1 heterocycles. The number of rotatable bonds is 6. The lowest BCUT2D eigenvalue weighted by Crippen LogP contribution is -2.52. The summed E-state index contributed by atoms with van der Waals surface area (Å²) in [5.74, 6) is 0.347. The summed E-state index contributed by atoms with van der Waals surface area (Å²) in [6.45, 7) is 8.66. The predicted molar refractivity (Wildman–Crippen MR) is 87.9 cm³/mol. The van der Waals surface area contributed by atoms with Crippen LogP contribution < -0.4 is 4.72 Å². The van der Waals surface area contributed by atoms with Gasteiger partial charge in [-0.05, 0) is 37.5 Å². The maximum absolute atomic E-state index is 12.4. The Hall–Kier alpha value is -1.60. The summed E-state index contributed by atoms with van der Waals surface area (Å²) in [4.78, 5) is 13.4. The van der Waals surface area contributed by atoms with Crippen LogP contribution in [0.3, 0.4) is 0 Å². The summed E-state index contributed by atoms with van der Waals surface area (Å²) in [5.41, 5.74) is 0.433. The molecule has 0 aliphatic carbocycles. The van der Waals surface area contributed by atoms with Crippen molar-refractivity contribution in [2.45, 2.75) is 44.0 Å². The van der Waals surface area contributed by atoms with Crippen molar-refractivity contribution in [3.05, 3.63) is 29.8 Å². The van der Waals surface area contributed by atoms with E-state index in [0.717, 1.165) is 5.56 Å². The van der Waals surface area contributed by atoms with Crippen LogP contribution in [0.25, 0.3) is 0 Å². The molecule has 1 N–H and O–H groups in total. The number of nitrogens with one attached hydrogen (secondary N) is 1. The first-order chi connectivity index (χ1) is 10.6. The summed E-state index contributed by atoms with van der Waals surface area (Å²) >= 11 is 0. The highest BCUT2D eigenvalue weighted by Crippen LogP contribution is 2.20. The number of carbonyl (C=O) groups excluding carboxylic acids is 1. The second-order valence-corrected chi connectivity index (χ2v) is 8.39. The van der Waals surface area contributed by atoms with E-state index >= 15 is 0 Å². The van der Waals surface area contributed by atoms with Gasteiger partial charge in [-0.1, -0.05) is 26.0 Å². The van der Waals surface area contributed by atoms with Gasteiger partial charge in [-0.2, -0.15) is 0 Å². The van der Waals surface area contributed by atoms with Gasteiger partial charge in [0.2, 0.25) is 10.0 Å². The molecule has 1 aromatic rings. The van der Waals surface area contributed by atoms with E-state index in [-0.39, 0.29) is 11.4 Å². The lowest BCUT2D eigenvalue weighted by atomic mass is 10.0. The molecule has 7 heteroatoms. The molecule has 6 nitrogen and oxygen atoms in total. The standard InChI is InChI=1S/C16H24N2O4S/c1-12(2)13-5-7-14(8-6-13)23(20,21)17-11-16(3,4)18-9-10-22-15(18)19/h5-8,12,17H,9-11H2,1-4H3. The Bertz CT molecular complexity index is 666. The highest BCUT2D eigenvalue weighted by atomic mass is 32.2. The number of cyclic esters (lactones) is 1. The smallest absolute Gasteiger partial charge is 0.410 e. The Kier molecular flexibility index (Phi) is 5.01. The zero-order chi connectivity index (χ0) is 17.3. The van der Waals surface area contributed by atoms with E-state index in [4.69, 9.17) is 4.74 Å². The van der Waals surface area contributed by atoms with Gasteiger partial charge in [-0.15, -0.1) is 0 Å². The fourth-order valence-electron chi connectivity index (χ4n) is 2.43. The van der Waals surface area contributed by atoms with Crippen molar-refractivity contribution in [3.8, 4) is 0 Å². The first-order valence-electron chi connectivity index (χ1n) is 7.67. The van der Waals surface area contributed by atoms with Crippen LogP contribution in [0, 0.1) is 0 Å². The van der Waals surface area contributed by atoms with Crippen molar-refractivity contribution < 1.29 is 17.9 Å². The first-order valence-corrected chi connectivity index (χ1v) is 9.16. The molecule has 1 aliphatic rings. The van der Waals surface area contributed by atoms with Gasteiger partial charge in [0.15, 0.2) is 0 Å². The summed E-state index contributed by atoms with van der Waals surface area (Å²) < 4.78 is 32.3. The molecule has 128 valence electrons. The Morgan fingerprint density at radius 3 is 2.35 bits per heavy atom. The van der Waals surface area contributed by atoms with Crippen LogP contribution in [0.2, 0.25) is 0 Å². The van der Waals surface area contributed by atoms with Gasteiger partial charge in [0.1, 0.15) is 6.61 Å². The van der Waals surface area contributed by atoms with E-state index in [1.807, 2.05) is 26.0 Å². The Morgan fingerprint density at radius 2 is 1.87 bits per heavy atom. The van der Waals surface area contributed by atoms with Crippen molar-refractivity contribution >= 4 is 16.1 Å². The highest BCUT2D eigenvalue weighted by molar-refractivity contribution is 7.89. The Morgan fingerprint density at radius 1 is 1.26 bits per heavy atom. The fourth-order valence-corrected chi connectivity index (χ4v) is 3.63. The minimum absolute atomic E-state index is 0.121.